The van der Waals surface area contributed by atoms with Crippen molar-refractivity contribution in [1.82, 2.24) is 4.90 Å². The fraction of sp³-hybridized carbons (Fsp3) is 0.429. The average Bonchev–Trinajstić information content (AvgIpc) is 2.69. The van der Waals surface area contributed by atoms with E-state index >= 15 is 0 Å². The SMILES string of the molecule is COc1ccc(C[C@H](C)N2CCN(c3ccccc3)CC2)c(OC)c1. The number of methoxy groups -OCH3 is 2. The number of nitrogens with zero attached hydrogens (tertiary/aromatic N) is 2. The van der Waals surface area contributed by atoms with Crippen molar-refractivity contribution >= 4 is 5.69 Å². The summed E-state index contributed by atoms with van der Waals surface area (Å²) < 4.78 is 10.8. The Morgan fingerprint density at radius 1 is 0.920 bits per heavy atom. The fourth-order valence-electron chi connectivity index (χ4n) is 3.53. The lowest BCUT2D eigenvalue weighted by Crippen LogP contribution is -2.50. The van der Waals surface area contributed by atoms with Gasteiger partial charge in [-0.1, -0.05) is 24.3 Å². The number of piperazine rings is 1. The van der Waals surface area contributed by atoms with Gasteiger partial charge in [0.25, 0.3) is 0 Å². The Labute approximate surface area is 151 Å². The van der Waals surface area contributed by atoms with Crippen LogP contribution in [0.2, 0.25) is 0 Å². The summed E-state index contributed by atoms with van der Waals surface area (Å²) in [6.45, 7) is 6.65. The molecule has 134 valence electrons. The van der Waals surface area contributed by atoms with Crippen LogP contribution in [0.25, 0.3) is 0 Å². The standard InChI is InChI=1S/C21H28N2O2/c1-17(15-18-9-10-20(24-2)16-21(18)25-3)22-11-13-23(14-12-22)19-7-5-4-6-8-19/h4-10,16-17H,11-15H2,1-3H3/t17-/m0/s1. The van der Waals surface area contributed by atoms with Crippen LogP contribution >= 0.6 is 0 Å². The van der Waals surface area contributed by atoms with Crippen molar-refractivity contribution in [3.05, 3.63) is 54.1 Å². The van der Waals surface area contributed by atoms with Gasteiger partial charge >= 0.3 is 0 Å². The first kappa shape index (κ1) is 17.6. The van der Waals surface area contributed by atoms with E-state index in [1.807, 2.05) is 12.1 Å². The summed E-state index contributed by atoms with van der Waals surface area (Å²) in [4.78, 5) is 5.04. The van der Waals surface area contributed by atoms with Gasteiger partial charge in [0.15, 0.2) is 0 Å². The molecule has 0 radical (unpaired) electrons. The van der Waals surface area contributed by atoms with E-state index in [0.717, 1.165) is 44.1 Å². The van der Waals surface area contributed by atoms with Crippen molar-refractivity contribution in [2.24, 2.45) is 0 Å². The molecule has 1 fully saturated rings. The van der Waals surface area contributed by atoms with E-state index < -0.39 is 0 Å². The van der Waals surface area contributed by atoms with Crippen LogP contribution in [0.5, 0.6) is 11.5 Å². The summed E-state index contributed by atoms with van der Waals surface area (Å²) >= 11 is 0. The van der Waals surface area contributed by atoms with E-state index in [9.17, 15) is 0 Å². The molecule has 25 heavy (non-hydrogen) atoms. The second-order valence-electron chi connectivity index (χ2n) is 6.59. The van der Waals surface area contributed by atoms with Crippen LogP contribution in [-0.2, 0) is 6.42 Å². The van der Waals surface area contributed by atoms with Gasteiger partial charge in [-0.2, -0.15) is 0 Å². The van der Waals surface area contributed by atoms with E-state index in [4.69, 9.17) is 9.47 Å². The van der Waals surface area contributed by atoms with Crippen LogP contribution in [0.4, 0.5) is 5.69 Å². The molecule has 1 aliphatic heterocycles. The summed E-state index contributed by atoms with van der Waals surface area (Å²) in [5.41, 5.74) is 2.56. The van der Waals surface area contributed by atoms with Crippen LogP contribution in [0, 0.1) is 0 Å². The minimum atomic E-state index is 0.486. The van der Waals surface area contributed by atoms with Crippen molar-refractivity contribution in [2.45, 2.75) is 19.4 Å². The zero-order chi connectivity index (χ0) is 17.6. The topological polar surface area (TPSA) is 24.9 Å². The molecule has 4 heteroatoms. The maximum Gasteiger partial charge on any atom is 0.125 e. The normalized spacial score (nSPS) is 16.5. The third-order valence-electron chi connectivity index (χ3n) is 5.07. The molecule has 0 bridgehead atoms. The van der Waals surface area contributed by atoms with Crippen LogP contribution in [0.15, 0.2) is 48.5 Å². The van der Waals surface area contributed by atoms with Crippen LogP contribution in [-0.4, -0.2) is 51.3 Å². The monoisotopic (exact) mass is 340 g/mol. The zero-order valence-electron chi connectivity index (χ0n) is 15.4. The minimum Gasteiger partial charge on any atom is -0.497 e. The van der Waals surface area contributed by atoms with Crippen molar-refractivity contribution in [1.29, 1.82) is 0 Å². The first-order chi connectivity index (χ1) is 12.2. The summed E-state index contributed by atoms with van der Waals surface area (Å²) in [6.07, 6.45) is 0.985. The van der Waals surface area contributed by atoms with Gasteiger partial charge < -0.3 is 14.4 Å². The highest BCUT2D eigenvalue weighted by Gasteiger charge is 2.22. The van der Waals surface area contributed by atoms with Gasteiger partial charge in [0.2, 0.25) is 0 Å². The van der Waals surface area contributed by atoms with Crippen molar-refractivity contribution in [3.63, 3.8) is 0 Å². The van der Waals surface area contributed by atoms with Gasteiger partial charge in [0.05, 0.1) is 14.2 Å². The average molecular weight is 340 g/mol. The van der Waals surface area contributed by atoms with Crippen LogP contribution < -0.4 is 14.4 Å². The van der Waals surface area contributed by atoms with Gasteiger partial charge in [0, 0.05) is 44.0 Å². The summed E-state index contributed by atoms with van der Waals surface area (Å²) in [6, 6.07) is 17.3. The third kappa shape index (κ3) is 4.26. The number of hydrogen-bond donors (Lipinski definition) is 0. The lowest BCUT2D eigenvalue weighted by atomic mass is 10.0. The largest absolute Gasteiger partial charge is 0.497 e. The number of rotatable bonds is 6. The molecule has 2 aromatic carbocycles. The molecule has 0 aromatic heterocycles. The molecule has 4 nitrogen and oxygen atoms in total. The first-order valence-corrected chi connectivity index (χ1v) is 8.96. The molecular formula is C21H28N2O2. The van der Waals surface area contributed by atoms with Crippen molar-refractivity contribution in [3.8, 4) is 11.5 Å². The van der Waals surface area contributed by atoms with E-state index in [-0.39, 0.29) is 0 Å². The predicted octanol–water partition coefficient (Wildman–Crippen LogP) is 3.46. The Balaban J connectivity index is 1.59. The highest BCUT2D eigenvalue weighted by Crippen LogP contribution is 2.27. The van der Waals surface area contributed by atoms with Crippen LogP contribution in [0.1, 0.15) is 12.5 Å². The number of para-hydroxylation sites is 1. The van der Waals surface area contributed by atoms with E-state index in [1.165, 1.54) is 11.3 Å². The highest BCUT2D eigenvalue weighted by molar-refractivity contribution is 5.46. The number of hydrogen-bond acceptors (Lipinski definition) is 4. The Morgan fingerprint density at radius 3 is 2.28 bits per heavy atom. The Hall–Kier alpha value is -2.20. The molecule has 0 N–H and O–H groups in total. The molecule has 2 aromatic rings. The number of benzene rings is 2. The number of ether oxygens (including phenoxy) is 2. The molecule has 0 aliphatic carbocycles. The van der Waals surface area contributed by atoms with Gasteiger partial charge in [-0.25, -0.2) is 0 Å². The predicted molar refractivity (Wildman–Crippen MR) is 103 cm³/mol. The van der Waals surface area contributed by atoms with E-state index in [0.29, 0.717) is 6.04 Å². The fourth-order valence-corrected chi connectivity index (χ4v) is 3.53. The molecular weight excluding hydrogens is 312 g/mol. The molecule has 1 atom stereocenters. The molecule has 1 aliphatic rings. The smallest absolute Gasteiger partial charge is 0.125 e. The Morgan fingerprint density at radius 2 is 1.64 bits per heavy atom. The summed E-state index contributed by atoms with van der Waals surface area (Å²) in [7, 11) is 3.41. The second kappa shape index (κ2) is 8.26. The number of anilines is 1. The second-order valence-corrected chi connectivity index (χ2v) is 6.59. The quantitative estimate of drug-likeness (QED) is 0.804. The molecule has 0 spiro atoms. The van der Waals surface area contributed by atoms with Gasteiger partial charge in [-0.3, -0.25) is 4.90 Å². The molecule has 1 heterocycles. The maximum atomic E-state index is 5.54. The van der Waals surface area contributed by atoms with Crippen LogP contribution in [0.3, 0.4) is 0 Å². The zero-order valence-corrected chi connectivity index (χ0v) is 15.4. The molecule has 0 saturated carbocycles. The summed E-state index contributed by atoms with van der Waals surface area (Å²) in [5, 5.41) is 0. The molecule has 0 unspecified atom stereocenters. The minimum absolute atomic E-state index is 0.486. The van der Waals surface area contributed by atoms with Gasteiger partial charge in [-0.05, 0) is 37.1 Å². The Bertz CT molecular complexity index is 667. The molecule has 1 saturated heterocycles. The molecule has 3 rings (SSSR count). The first-order valence-electron chi connectivity index (χ1n) is 8.96. The van der Waals surface area contributed by atoms with Gasteiger partial charge in [-0.15, -0.1) is 0 Å². The highest BCUT2D eigenvalue weighted by atomic mass is 16.5. The van der Waals surface area contributed by atoms with Crippen molar-refractivity contribution < 1.29 is 9.47 Å². The lowest BCUT2D eigenvalue weighted by molar-refractivity contribution is 0.195. The molecule has 0 amide bonds. The van der Waals surface area contributed by atoms with Gasteiger partial charge in [0.1, 0.15) is 11.5 Å². The summed E-state index contributed by atoms with van der Waals surface area (Å²) in [5.74, 6) is 1.75. The van der Waals surface area contributed by atoms with E-state index in [2.05, 4.69) is 53.1 Å². The third-order valence-corrected chi connectivity index (χ3v) is 5.07. The van der Waals surface area contributed by atoms with Crippen molar-refractivity contribution in [2.75, 3.05) is 45.3 Å². The lowest BCUT2D eigenvalue weighted by Gasteiger charge is -2.39. The van der Waals surface area contributed by atoms with E-state index in [1.54, 1.807) is 14.2 Å². The maximum absolute atomic E-state index is 5.54. The Kier molecular flexibility index (Phi) is 5.82.